The van der Waals surface area contributed by atoms with Crippen molar-refractivity contribution in [3.05, 3.63) is 109 Å². The lowest BCUT2D eigenvalue weighted by atomic mass is 9.96. The van der Waals surface area contributed by atoms with Gasteiger partial charge >= 0.3 is 0 Å². The third-order valence-electron chi connectivity index (χ3n) is 17.3. The van der Waals surface area contributed by atoms with Gasteiger partial charge in [0, 0.05) is 6.42 Å². The molecule has 0 aliphatic carbocycles. The zero-order valence-electron chi connectivity index (χ0n) is 57.1. The maximum atomic E-state index is 13.4. The summed E-state index contributed by atoms with van der Waals surface area (Å²) in [6, 6.07) is -1.02. The minimum absolute atomic E-state index is 0.188. The fourth-order valence-corrected chi connectivity index (χ4v) is 11.5. The number of ether oxygens (including phenoxy) is 6. The number of aliphatic hydroxyl groups is 11. The first kappa shape index (κ1) is 84.7. The second kappa shape index (κ2) is 55.3. The van der Waals surface area contributed by atoms with Crippen LogP contribution in [0.2, 0.25) is 0 Å². The highest BCUT2D eigenvalue weighted by Gasteiger charge is 2.53. The minimum Gasteiger partial charge on any atom is -0.394 e. The van der Waals surface area contributed by atoms with Gasteiger partial charge in [-0.1, -0.05) is 239 Å². The monoisotopic (exact) mass is 1330 g/mol. The molecule has 17 atom stereocenters. The third-order valence-corrected chi connectivity index (χ3v) is 17.3. The van der Waals surface area contributed by atoms with E-state index in [-0.39, 0.29) is 18.9 Å². The molecule has 3 fully saturated rings. The third kappa shape index (κ3) is 36.3. The maximum absolute atomic E-state index is 13.4. The van der Waals surface area contributed by atoms with E-state index < -0.39 is 124 Å². The molecule has 94 heavy (non-hydrogen) atoms. The van der Waals surface area contributed by atoms with Crippen LogP contribution in [-0.2, 0) is 33.2 Å². The smallest absolute Gasteiger partial charge is 0.220 e. The molecule has 0 radical (unpaired) electrons. The zero-order valence-corrected chi connectivity index (χ0v) is 57.1. The Kier molecular flexibility index (Phi) is 49.9. The number of nitrogens with one attached hydrogen (secondary N) is 1. The van der Waals surface area contributed by atoms with Crippen LogP contribution in [0, 0.1) is 0 Å². The quantitative estimate of drug-likeness (QED) is 0.0199. The number of rotatable bonds is 54. The van der Waals surface area contributed by atoms with Gasteiger partial charge in [-0.05, 0) is 89.9 Å². The lowest BCUT2D eigenvalue weighted by Crippen LogP contribution is -2.66. The van der Waals surface area contributed by atoms with Crippen molar-refractivity contribution in [2.75, 3.05) is 26.4 Å². The number of hydrogen-bond donors (Lipinski definition) is 12. The molecule has 17 unspecified atom stereocenters. The fraction of sp³-hybridized carbons (Fsp3) is 0.747. The summed E-state index contributed by atoms with van der Waals surface area (Å²) in [4.78, 5) is 13.4. The summed E-state index contributed by atoms with van der Waals surface area (Å²) in [6.07, 6.45) is 47.8. The van der Waals surface area contributed by atoms with E-state index in [2.05, 4.69) is 116 Å². The first-order chi connectivity index (χ1) is 45.8. The van der Waals surface area contributed by atoms with Crippen molar-refractivity contribution in [3.63, 3.8) is 0 Å². The summed E-state index contributed by atoms with van der Waals surface area (Å²) in [5, 5.41) is 121. The number of carbonyl (C=O) groups excluding carboxylic acids is 1. The molecule has 0 saturated carbocycles. The number of hydrogen-bond acceptors (Lipinski definition) is 18. The van der Waals surface area contributed by atoms with Crippen LogP contribution in [0.1, 0.15) is 226 Å². The minimum atomic E-state index is -1.99. The van der Waals surface area contributed by atoms with E-state index in [1.54, 1.807) is 6.08 Å². The van der Waals surface area contributed by atoms with Crippen molar-refractivity contribution in [2.24, 2.45) is 0 Å². The molecule has 19 nitrogen and oxygen atoms in total. The standard InChI is InChI=1S/C75H127NO18/c1-3-5-7-9-11-13-15-17-19-21-23-25-27-29-31-33-35-37-39-41-43-45-47-49-51-53-63(81)76-58(59(80)52-50-48-46-44-42-40-38-36-34-32-30-28-26-24-22-20-18-16-14-12-10-8-6-4-2)57-89-73-69(87)66(84)71(61(55-78)91-73)94-75-70(88)67(85)72(62(56-79)92-75)93-74-68(86)65(83)64(82)60(54-77)90-74/h5,7,11,13,17,19,23,25,29,31,35,37,41-44,50,52,58-62,64-75,77-80,82-88H,3-4,6,8-10,12,14-16,18,20-22,24,26-28,30,32-34,36,38-40,45-49,51,53-57H2,1-2H3,(H,76,81)/b7-5-,13-11-,19-17-,25-23-,31-29-,37-35-,43-41-,44-42+,52-50+. The molecule has 3 saturated heterocycles. The second-order valence-electron chi connectivity index (χ2n) is 25.3. The number of unbranched alkanes of at least 4 members (excludes halogenated alkanes) is 22. The first-order valence-corrected chi connectivity index (χ1v) is 36.1. The molecule has 0 aromatic carbocycles. The summed E-state index contributed by atoms with van der Waals surface area (Å²) in [6.45, 7) is 1.57. The molecule has 0 aromatic heterocycles. The predicted molar refractivity (Wildman–Crippen MR) is 369 cm³/mol. The molecule has 540 valence electrons. The summed E-state index contributed by atoms with van der Waals surface area (Å²) >= 11 is 0. The number of carbonyl (C=O) groups is 1. The fourth-order valence-electron chi connectivity index (χ4n) is 11.5. The molecule has 0 bridgehead atoms. The molecule has 19 heteroatoms. The van der Waals surface area contributed by atoms with Crippen LogP contribution in [0.15, 0.2) is 109 Å². The van der Waals surface area contributed by atoms with Gasteiger partial charge in [0.15, 0.2) is 18.9 Å². The largest absolute Gasteiger partial charge is 0.394 e. The van der Waals surface area contributed by atoms with Crippen molar-refractivity contribution < 1.29 is 89.4 Å². The summed E-state index contributed by atoms with van der Waals surface area (Å²) in [5.74, 6) is -0.321. The topological polar surface area (TPSA) is 307 Å². The molecular weight excluding hydrogens is 1200 g/mol. The lowest BCUT2D eigenvalue weighted by molar-refractivity contribution is -0.379. The molecule has 3 aliphatic rings. The Morgan fingerprint density at radius 3 is 1.19 bits per heavy atom. The molecule has 3 heterocycles. The van der Waals surface area contributed by atoms with Gasteiger partial charge in [-0.2, -0.15) is 0 Å². The first-order valence-electron chi connectivity index (χ1n) is 36.1. The molecule has 3 rings (SSSR count). The highest BCUT2D eigenvalue weighted by molar-refractivity contribution is 5.76. The average molecular weight is 1330 g/mol. The van der Waals surface area contributed by atoms with Gasteiger partial charge in [-0.3, -0.25) is 4.79 Å². The van der Waals surface area contributed by atoms with Crippen LogP contribution in [0.25, 0.3) is 0 Å². The van der Waals surface area contributed by atoms with Crippen LogP contribution >= 0.6 is 0 Å². The highest BCUT2D eigenvalue weighted by atomic mass is 16.8. The Bertz CT molecular complexity index is 2130. The maximum Gasteiger partial charge on any atom is 0.220 e. The van der Waals surface area contributed by atoms with E-state index in [4.69, 9.17) is 28.4 Å². The summed E-state index contributed by atoms with van der Waals surface area (Å²) < 4.78 is 34.3. The number of amides is 1. The molecule has 12 N–H and O–H groups in total. The Morgan fingerprint density at radius 1 is 0.394 bits per heavy atom. The summed E-state index contributed by atoms with van der Waals surface area (Å²) in [5.41, 5.74) is 0. The summed E-state index contributed by atoms with van der Waals surface area (Å²) in [7, 11) is 0. The molecule has 0 aromatic rings. The highest BCUT2D eigenvalue weighted by Crippen LogP contribution is 2.33. The molecule has 0 spiro atoms. The van der Waals surface area contributed by atoms with E-state index in [0.717, 1.165) is 83.5 Å². The Labute approximate surface area is 564 Å². The second-order valence-corrected chi connectivity index (χ2v) is 25.3. The number of allylic oxidation sites excluding steroid dienone is 17. The van der Waals surface area contributed by atoms with Gasteiger partial charge in [-0.15, -0.1) is 0 Å². The van der Waals surface area contributed by atoms with E-state index in [1.807, 2.05) is 6.08 Å². The zero-order chi connectivity index (χ0) is 68.2. The van der Waals surface area contributed by atoms with E-state index in [0.29, 0.717) is 12.8 Å². The van der Waals surface area contributed by atoms with E-state index >= 15 is 0 Å². The Morgan fingerprint density at radius 2 is 0.745 bits per heavy atom. The van der Waals surface area contributed by atoms with E-state index in [9.17, 15) is 61.0 Å². The van der Waals surface area contributed by atoms with Crippen LogP contribution in [-0.4, -0.2) is 193 Å². The number of aliphatic hydroxyl groups excluding tert-OH is 11. The van der Waals surface area contributed by atoms with Crippen molar-refractivity contribution in [1.82, 2.24) is 5.32 Å². The van der Waals surface area contributed by atoms with Crippen molar-refractivity contribution >= 4 is 5.91 Å². The van der Waals surface area contributed by atoms with Gasteiger partial charge in [-0.25, -0.2) is 0 Å². The van der Waals surface area contributed by atoms with Gasteiger partial charge in [0.2, 0.25) is 5.91 Å². The van der Waals surface area contributed by atoms with Gasteiger partial charge in [0.25, 0.3) is 0 Å². The Hall–Kier alpha value is -3.55. The van der Waals surface area contributed by atoms with Crippen LogP contribution in [0.5, 0.6) is 0 Å². The van der Waals surface area contributed by atoms with E-state index in [1.165, 1.54) is 109 Å². The lowest BCUT2D eigenvalue weighted by Gasteiger charge is -2.48. The molecule has 3 aliphatic heterocycles. The van der Waals surface area contributed by atoms with Crippen molar-refractivity contribution in [2.45, 2.75) is 330 Å². The normalized spacial score (nSPS) is 28.0. The van der Waals surface area contributed by atoms with Gasteiger partial charge in [0.05, 0.1) is 38.6 Å². The van der Waals surface area contributed by atoms with Crippen molar-refractivity contribution in [1.29, 1.82) is 0 Å². The average Bonchev–Trinajstić information content (AvgIpc) is 0.788. The van der Waals surface area contributed by atoms with Crippen LogP contribution in [0.3, 0.4) is 0 Å². The van der Waals surface area contributed by atoms with Crippen LogP contribution < -0.4 is 5.32 Å². The molecular formula is C75H127NO18. The predicted octanol–water partition coefficient (Wildman–Crippen LogP) is 10.2. The van der Waals surface area contributed by atoms with Crippen LogP contribution in [0.4, 0.5) is 0 Å². The van der Waals surface area contributed by atoms with Gasteiger partial charge < -0.3 is 89.9 Å². The molecule has 1 amide bonds. The van der Waals surface area contributed by atoms with Gasteiger partial charge in [0.1, 0.15) is 73.2 Å². The SMILES string of the molecule is CC/C=C\C/C=C\C/C=C\C/C=C\C/C=C\C/C=C\C/C=C\CCCCCC(=O)NC(COC1OC(CO)C(OC2OC(CO)C(OC3OC(CO)C(O)C(O)C3O)C(O)C2O)C(O)C1O)C(O)/C=C/CC/C=C/CCCCCCCCCCCCCCCCCCCC. The Balaban J connectivity index is 1.46. The van der Waals surface area contributed by atoms with Crippen molar-refractivity contribution in [3.8, 4) is 0 Å².